The van der Waals surface area contributed by atoms with E-state index in [1.807, 2.05) is 26.8 Å². The first-order valence-corrected chi connectivity index (χ1v) is 37.9. The van der Waals surface area contributed by atoms with Crippen LogP contribution in [0.3, 0.4) is 0 Å². The molecule has 12 atom stereocenters. The van der Waals surface area contributed by atoms with Crippen molar-refractivity contribution in [1.82, 2.24) is 60.0 Å². The summed E-state index contributed by atoms with van der Waals surface area (Å²) < 4.78 is 78.8. The minimum atomic E-state index is -5.17. The molecule has 6 fully saturated rings. The molecule has 0 radical (unpaired) electrons. The Hall–Kier alpha value is -7.01. The number of nitrogens with zero attached hydrogens (tertiary/aromatic N) is 9. The van der Waals surface area contributed by atoms with Crippen molar-refractivity contribution in [3.8, 4) is 0 Å². The van der Waals surface area contributed by atoms with E-state index < -0.39 is 205 Å². The number of rotatable bonds is 13. The van der Waals surface area contributed by atoms with E-state index >= 15 is 37.5 Å². The van der Waals surface area contributed by atoms with Gasteiger partial charge in [-0.3, -0.25) is 57.5 Å². The standard InChI is InChI=1S/C74H117F5N12O13/c1-14-45(5)62-70(101)85(9)43-60(94)86(10)53-29-20-17-23-34-90(69(53)100)57(38-46-25-18-16-19-26-46)68(99)84(8)42-58(92)80-52(31-30-47-36-50(75)61(51(76)37-47)74(77,78)79)66(97)91-41-49(104-15-2)39-55(91)65(96)82-73(32-24-33-73)72(103)89(13)63(48-27-21-22-28-48)71(102)88(12)56(67(98)83(6)7)40-59(93)87(11)54(35-44(3)4)64(95)81-62/h17,20,44-57,61-63H,14-16,18-19,21-43H2,1-13H3,(H,80,92)(H,81,95)(H,82,96)/b20-17-/t45-,47?,49+,50?,51?,52-,53-,54-,55-,56-,57-,61?,62-,63-/m0/s1. The lowest BCUT2D eigenvalue weighted by Crippen LogP contribution is -2.68. The summed E-state index contributed by atoms with van der Waals surface area (Å²) in [5.74, 6) is -13.6. The van der Waals surface area contributed by atoms with Crippen LogP contribution in [0, 0.1) is 35.5 Å². The fourth-order valence-electron chi connectivity index (χ4n) is 16.7. The summed E-state index contributed by atoms with van der Waals surface area (Å²) in [6.45, 7) is 7.61. The Morgan fingerprint density at radius 3 is 1.86 bits per heavy atom. The summed E-state index contributed by atoms with van der Waals surface area (Å²) in [7, 11) is 11.3. The number of carbonyl (C=O) groups excluding carboxylic acids is 12. The second kappa shape index (κ2) is 37.0. The molecule has 0 aromatic heterocycles. The van der Waals surface area contributed by atoms with Crippen LogP contribution in [0.4, 0.5) is 22.0 Å². The Morgan fingerprint density at radius 1 is 0.654 bits per heavy atom. The maximum atomic E-state index is 15.5. The van der Waals surface area contributed by atoms with Crippen LogP contribution >= 0.6 is 0 Å². The third-order valence-corrected chi connectivity index (χ3v) is 23.3. The summed E-state index contributed by atoms with van der Waals surface area (Å²) in [6.07, 6.45) is -2.14. The van der Waals surface area contributed by atoms with Crippen LogP contribution in [0.25, 0.3) is 0 Å². The zero-order chi connectivity index (χ0) is 77.0. The van der Waals surface area contributed by atoms with Gasteiger partial charge in [0.2, 0.25) is 70.9 Å². The van der Waals surface area contributed by atoms with E-state index in [1.165, 1.54) is 85.8 Å². The molecular formula is C74H117F5N12O13. The molecular weight excluding hydrogens is 1360 g/mol. The molecule has 25 nitrogen and oxygen atoms in total. The lowest BCUT2D eigenvalue weighted by molar-refractivity contribution is -0.219. The van der Waals surface area contributed by atoms with Gasteiger partial charge in [-0.1, -0.05) is 91.2 Å². The normalized spacial score (nSPS) is 31.3. The Morgan fingerprint density at radius 2 is 1.28 bits per heavy atom. The molecule has 104 heavy (non-hydrogen) atoms. The second-order valence-corrected chi connectivity index (χ2v) is 31.4. The number of likely N-dealkylation sites (N-methyl/N-ethyl adjacent to an activating group) is 7. The zero-order valence-electron chi connectivity index (χ0n) is 63.5. The predicted octanol–water partition coefficient (Wildman–Crippen LogP) is 5.56. The van der Waals surface area contributed by atoms with Crippen molar-refractivity contribution in [3.63, 3.8) is 0 Å². The number of nitrogens with one attached hydrogen (secondary N) is 3. The number of halogens is 5. The van der Waals surface area contributed by atoms with Crippen molar-refractivity contribution in [2.45, 2.75) is 261 Å². The topological polar surface area (TPSA) is 279 Å². The van der Waals surface area contributed by atoms with E-state index in [2.05, 4.69) is 16.0 Å². The average Bonchev–Trinajstić information content (AvgIpc) is 1.56. The molecule has 2 saturated heterocycles. The molecule has 4 aliphatic carbocycles. The largest absolute Gasteiger partial charge is 0.397 e. The Labute approximate surface area is 610 Å². The van der Waals surface area contributed by atoms with Crippen molar-refractivity contribution in [2.24, 2.45) is 35.5 Å². The monoisotopic (exact) mass is 1480 g/mol. The molecule has 2 bridgehead atoms. The van der Waals surface area contributed by atoms with Crippen molar-refractivity contribution < 1.29 is 84.2 Å². The molecule has 7 aliphatic rings. The third-order valence-electron chi connectivity index (χ3n) is 23.3. The minimum Gasteiger partial charge on any atom is -0.377 e. The summed E-state index contributed by atoms with van der Waals surface area (Å²) in [4.78, 5) is 192. The zero-order valence-corrected chi connectivity index (χ0v) is 63.5. The number of amides is 12. The highest BCUT2D eigenvalue weighted by molar-refractivity contribution is 6.01. The fourth-order valence-corrected chi connectivity index (χ4v) is 16.7. The van der Waals surface area contributed by atoms with Gasteiger partial charge in [-0.2, -0.15) is 13.2 Å². The second-order valence-electron chi connectivity index (χ2n) is 31.4. The number of carbonyl (C=O) groups is 12. The van der Waals surface area contributed by atoms with E-state index in [1.54, 1.807) is 19.9 Å². The van der Waals surface area contributed by atoms with E-state index in [0.717, 1.165) is 46.8 Å². The minimum absolute atomic E-state index is 0.0167. The van der Waals surface area contributed by atoms with Gasteiger partial charge in [0, 0.05) is 82.5 Å². The SMILES string of the molecule is CCO[C@@H]1C[C@H]2C(=O)NC3(CCC3)C(=O)N(C)[C@@H](C3CCCC3)C(=O)N(C)[C@H](C(=O)N(C)C)CC(=O)N(C)[C@@H](CC(C)C)C(=O)N[C@@H]([C@@H](C)CC)C(=O)N(C)CC(=O)N(C)[C@H]3C/C=C\CCN(C3=O)[C@@H](CC3CCCCC3)C(=O)N(C)CC(=O)N[C@@H](CCC3CC(F)C(C(F)(F)F)C(F)C3)C(=O)N2C1. The number of ether oxygens (including phenoxy) is 1. The van der Waals surface area contributed by atoms with Crippen LogP contribution < -0.4 is 16.0 Å². The third kappa shape index (κ3) is 20.4. The van der Waals surface area contributed by atoms with Crippen LogP contribution in [0.15, 0.2) is 12.2 Å². The molecule has 0 aromatic carbocycles. The molecule has 1 spiro atoms. The van der Waals surface area contributed by atoms with Gasteiger partial charge in [0.15, 0.2) is 0 Å². The van der Waals surface area contributed by atoms with Gasteiger partial charge >= 0.3 is 6.18 Å². The van der Waals surface area contributed by atoms with Gasteiger partial charge in [0.1, 0.15) is 72.1 Å². The van der Waals surface area contributed by atoms with Gasteiger partial charge in [-0.15, -0.1) is 0 Å². The number of fused-ring (bicyclic) bond motifs is 3. The Balaban J connectivity index is 1.31. The molecule has 586 valence electrons. The molecule has 3 aliphatic heterocycles. The van der Waals surface area contributed by atoms with Gasteiger partial charge in [-0.05, 0) is 120 Å². The summed E-state index contributed by atoms with van der Waals surface area (Å²) in [5.41, 5.74) is -1.64. The molecule has 3 heterocycles. The maximum Gasteiger partial charge on any atom is 0.397 e. The van der Waals surface area contributed by atoms with Crippen LogP contribution in [0.1, 0.15) is 182 Å². The molecule has 0 aromatic rings. The first-order valence-electron chi connectivity index (χ1n) is 37.9. The molecule has 12 amide bonds. The van der Waals surface area contributed by atoms with Gasteiger partial charge in [0.25, 0.3) is 0 Å². The van der Waals surface area contributed by atoms with Crippen molar-refractivity contribution >= 4 is 70.9 Å². The summed E-state index contributed by atoms with van der Waals surface area (Å²) in [6, 6.07) is -10.6. The highest BCUT2D eigenvalue weighted by atomic mass is 19.4. The number of alkyl halides is 5. The smallest absolute Gasteiger partial charge is 0.377 e. The molecule has 3 N–H and O–H groups in total. The van der Waals surface area contributed by atoms with Crippen LogP contribution in [0.5, 0.6) is 0 Å². The molecule has 30 heteroatoms. The first kappa shape index (κ1) is 84.3. The van der Waals surface area contributed by atoms with Gasteiger partial charge < -0.3 is 64.8 Å². The van der Waals surface area contributed by atoms with Crippen molar-refractivity contribution in [2.75, 3.05) is 89.2 Å². The lowest BCUT2D eigenvalue weighted by atomic mass is 9.74. The van der Waals surface area contributed by atoms with Gasteiger partial charge in [-0.25, -0.2) is 8.78 Å². The molecule has 2 unspecified atom stereocenters. The summed E-state index contributed by atoms with van der Waals surface area (Å²) in [5, 5.41) is 8.58. The number of hydrogen-bond acceptors (Lipinski definition) is 13. The number of hydrogen-bond donors (Lipinski definition) is 3. The summed E-state index contributed by atoms with van der Waals surface area (Å²) >= 11 is 0. The van der Waals surface area contributed by atoms with Crippen LogP contribution in [0.2, 0.25) is 0 Å². The van der Waals surface area contributed by atoms with E-state index in [0.29, 0.717) is 44.9 Å². The van der Waals surface area contributed by atoms with E-state index in [-0.39, 0.29) is 82.9 Å². The highest BCUT2D eigenvalue weighted by Gasteiger charge is 2.56. The highest BCUT2D eigenvalue weighted by Crippen LogP contribution is 2.45. The molecule has 4 saturated carbocycles. The van der Waals surface area contributed by atoms with E-state index in [9.17, 15) is 41.9 Å². The first-order chi connectivity index (χ1) is 49.0. The van der Waals surface area contributed by atoms with Gasteiger partial charge in [0.05, 0.1) is 25.6 Å². The van der Waals surface area contributed by atoms with Crippen LogP contribution in [-0.2, 0) is 62.3 Å². The predicted molar refractivity (Wildman–Crippen MR) is 376 cm³/mol. The quantitative estimate of drug-likeness (QED) is 0.151. The fraction of sp³-hybridized carbons (Fsp3) is 0.811. The van der Waals surface area contributed by atoms with Crippen molar-refractivity contribution in [3.05, 3.63) is 12.2 Å². The lowest BCUT2D eigenvalue weighted by Gasteiger charge is -2.46. The van der Waals surface area contributed by atoms with Crippen molar-refractivity contribution in [1.29, 1.82) is 0 Å². The average molecular weight is 1480 g/mol. The van der Waals surface area contributed by atoms with E-state index in [4.69, 9.17) is 4.74 Å². The Bertz CT molecular complexity index is 3080. The maximum absolute atomic E-state index is 15.5. The van der Waals surface area contributed by atoms with Crippen LogP contribution in [-0.4, -0.2) is 283 Å². The molecule has 7 rings (SSSR count). The Kier molecular flexibility index (Phi) is 30.0.